The van der Waals surface area contributed by atoms with Crippen molar-refractivity contribution in [2.24, 2.45) is 0 Å². The van der Waals surface area contributed by atoms with Gasteiger partial charge in [-0.05, 0) is 93.9 Å². The Morgan fingerprint density at radius 1 is 0.300 bits per heavy atom. The lowest BCUT2D eigenvalue weighted by atomic mass is 10.0. The summed E-state index contributed by atoms with van der Waals surface area (Å²) in [5, 5.41) is -0.837. The minimum Gasteiger partial charge on any atom is -0.309 e. The summed E-state index contributed by atoms with van der Waals surface area (Å²) < 4.78 is 173. The lowest BCUT2D eigenvalue weighted by molar-refractivity contribution is 1.18. The van der Waals surface area contributed by atoms with Crippen molar-refractivity contribution in [1.82, 2.24) is 9.13 Å². The molecule has 0 saturated heterocycles. The third-order valence-corrected chi connectivity index (χ3v) is 8.71. The second-order valence-corrected chi connectivity index (χ2v) is 11.5. The molecule has 0 fully saturated rings. The number of hydrogen-bond donors (Lipinski definition) is 0. The second-order valence-electron chi connectivity index (χ2n) is 11.5. The van der Waals surface area contributed by atoms with Gasteiger partial charge < -0.3 is 9.13 Å². The first-order valence-corrected chi connectivity index (χ1v) is 15.6. The minimum absolute atomic E-state index is 0.0903. The number of aromatic nitrogens is 2. The Hall–Kier alpha value is -6.64. The molecule has 0 radical (unpaired) electrons. The maximum atomic E-state index is 9.80. The maximum absolute atomic E-state index is 9.80. The molecular weight excluding hydrogens is 605 g/mol. The zero-order valence-corrected chi connectivity index (χ0v) is 25.9. The summed E-state index contributed by atoms with van der Waals surface area (Å²) in [6.45, 7) is 0. The van der Waals surface area contributed by atoms with E-state index in [4.69, 9.17) is 17.8 Å². The molecule has 0 aliphatic carbocycles. The van der Waals surface area contributed by atoms with Crippen molar-refractivity contribution in [3.05, 3.63) is 194 Å². The molecular formula is C48H32N2. The first-order valence-electron chi connectivity index (χ1n) is 25.1. The highest BCUT2D eigenvalue weighted by atomic mass is 15.0. The number of para-hydroxylation sites is 2. The van der Waals surface area contributed by atoms with E-state index >= 15 is 0 Å². The van der Waals surface area contributed by atoms with Crippen molar-refractivity contribution in [3.8, 4) is 44.8 Å². The monoisotopic (exact) mass is 655 g/mol. The van der Waals surface area contributed by atoms with E-state index in [0.29, 0.717) is 5.69 Å². The Morgan fingerprint density at radius 2 is 0.720 bits per heavy atom. The fourth-order valence-corrected chi connectivity index (χ4v) is 6.40. The zero-order chi connectivity index (χ0) is 49.6. The van der Waals surface area contributed by atoms with Crippen LogP contribution in [0.4, 0.5) is 0 Å². The van der Waals surface area contributed by atoms with E-state index in [1.165, 1.54) is 33.4 Å². The molecule has 0 saturated carbocycles. The van der Waals surface area contributed by atoms with Crippen LogP contribution in [-0.4, -0.2) is 9.13 Å². The van der Waals surface area contributed by atoms with Crippen LogP contribution in [0.3, 0.4) is 0 Å². The fraction of sp³-hybridized carbons (Fsp3) is 0. The third-order valence-electron chi connectivity index (χ3n) is 8.71. The normalized spacial score (nSPS) is 16.9. The number of hydrogen-bond acceptors (Lipinski definition) is 0. The molecule has 0 atom stereocenters. The predicted octanol–water partition coefficient (Wildman–Crippen LogP) is 12.9. The average Bonchev–Trinajstić information content (AvgIpc) is 3.91. The molecule has 0 aliphatic rings. The highest BCUT2D eigenvalue weighted by molar-refractivity contribution is 6.12. The van der Waals surface area contributed by atoms with Gasteiger partial charge >= 0.3 is 0 Å². The van der Waals surface area contributed by atoms with Crippen LogP contribution in [0.2, 0.25) is 0 Å². The van der Waals surface area contributed by atoms with Gasteiger partial charge in [-0.3, -0.25) is 0 Å². The van der Waals surface area contributed by atoms with Crippen LogP contribution in [0, 0.1) is 0 Å². The van der Waals surface area contributed by atoms with Crippen LogP contribution < -0.4 is 0 Å². The van der Waals surface area contributed by atoms with Crippen molar-refractivity contribution in [3.63, 3.8) is 0 Å². The Morgan fingerprint density at radius 3 is 1.24 bits per heavy atom. The van der Waals surface area contributed by atoms with Crippen molar-refractivity contribution in [1.29, 1.82) is 0 Å². The van der Waals surface area contributed by atoms with Crippen molar-refractivity contribution >= 4 is 43.6 Å². The molecule has 2 heteroatoms. The van der Waals surface area contributed by atoms with Crippen LogP contribution >= 0.6 is 0 Å². The summed E-state index contributed by atoms with van der Waals surface area (Å²) in [7, 11) is 0. The molecule has 234 valence electrons. The molecule has 2 heterocycles. The van der Waals surface area contributed by atoms with Crippen LogP contribution in [-0.2, 0) is 0 Å². The molecule has 8 aromatic carbocycles. The van der Waals surface area contributed by atoms with Crippen LogP contribution in [0.25, 0.3) is 88.4 Å². The summed E-state index contributed by atoms with van der Waals surface area (Å²) >= 11 is 0. The van der Waals surface area contributed by atoms with Gasteiger partial charge in [-0.25, -0.2) is 0 Å². The fourth-order valence-electron chi connectivity index (χ4n) is 6.40. The smallest absolute Gasteiger partial charge is 0.0645 e. The van der Waals surface area contributed by atoms with Gasteiger partial charge in [0.05, 0.1) is 48.1 Å². The maximum Gasteiger partial charge on any atom is 0.0645 e. The summed E-state index contributed by atoms with van der Waals surface area (Å²) in [6.07, 6.45) is 0. The van der Waals surface area contributed by atoms with E-state index < -0.39 is 126 Å². The SMILES string of the molecule is [2H]c1c([2H])c([2H])c(-c2ccc(-n3c4c([2H])c([2H])c([2H])c([2H])c4c4c([2H])c(-c5c([2H])c([2H])c6c(c5[2H])c5c([2H])c([2H])c([2H])c([2H])c5n6-c5ccc(-c6ccccc6)cc5)c([2H])c([2H])c43)cc2)c([2H])c1[2H]. The van der Waals surface area contributed by atoms with E-state index in [-0.39, 0.29) is 60.4 Å². The van der Waals surface area contributed by atoms with Gasteiger partial charge in [-0.15, -0.1) is 0 Å². The van der Waals surface area contributed by atoms with Crippen LogP contribution in [0.1, 0.15) is 26.0 Å². The van der Waals surface area contributed by atoms with Crippen molar-refractivity contribution in [2.75, 3.05) is 0 Å². The van der Waals surface area contributed by atoms with E-state index in [0.717, 1.165) is 11.1 Å². The molecule has 10 aromatic rings. The molecule has 0 spiro atoms. The number of rotatable bonds is 5. The lowest BCUT2D eigenvalue weighted by Gasteiger charge is -2.11. The largest absolute Gasteiger partial charge is 0.309 e. The number of benzene rings is 8. The van der Waals surface area contributed by atoms with Gasteiger partial charge in [0.25, 0.3) is 0 Å². The topological polar surface area (TPSA) is 9.86 Å². The van der Waals surface area contributed by atoms with Gasteiger partial charge in [-0.1, -0.05) is 133 Å². The Labute approximate surface area is 317 Å². The quantitative estimate of drug-likeness (QED) is 0.175. The van der Waals surface area contributed by atoms with Crippen LogP contribution in [0.5, 0.6) is 0 Å². The Balaban J connectivity index is 1.29. The lowest BCUT2D eigenvalue weighted by Crippen LogP contribution is -1.94. The van der Waals surface area contributed by atoms with Gasteiger partial charge in [-0.2, -0.15) is 0 Å². The van der Waals surface area contributed by atoms with Crippen LogP contribution in [0.15, 0.2) is 194 Å². The third kappa shape index (κ3) is 4.57. The van der Waals surface area contributed by atoms with Gasteiger partial charge in [0.1, 0.15) is 0 Å². The first-order chi connectivity index (χ1) is 32.7. The van der Waals surface area contributed by atoms with Crippen molar-refractivity contribution in [2.45, 2.75) is 0 Å². The molecule has 50 heavy (non-hydrogen) atoms. The average molecular weight is 656 g/mol. The van der Waals surface area contributed by atoms with E-state index in [1.54, 1.807) is 24.3 Å². The molecule has 0 bridgehead atoms. The number of nitrogens with zero attached hydrogens (tertiary/aromatic N) is 2. The van der Waals surface area contributed by atoms with E-state index in [1.807, 2.05) is 30.3 Å². The van der Waals surface area contributed by atoms with Gasteiger partial charge in [0.15, 0.2) is 0 Å². The highest BCUT2D eigenvalue weighted by Crippen LogP contribution is 2.38. The Kier molecular flexibility index (Phi) is 3.52. The molecule has 0 aliphatic heterocycles. The molecule has 2 aromatic heterocycles. The minimum atomic E-state index is -0.717. The molecule has 10 rings (SSSR count). The number of fused-ring (bicyclic) bond motifs is 6. The standard InChI is InChI=1S/C48H32N2/c1-3-11-33(12-4-1)35-19-25-39(26-20-35)49-45-17-9-7-15-41(45)43-31-37(23-29-47(43)49)38-24-30-48-44(32-38)42-16-8-10-18-46(42)50(48)40-27-21-36(22-28-40)34-13-5-2-6-14-34/h1-32H/i1D,3D,4D,7D,8D,9D,10D,11D,12D,15D,16D,17D,18D,23D,24D,29D,30D,31D,32D. The van der Waals surface area contributed by atoms with Gasteiger partial charge in [0, 0.05) is 32.9 Å². The summed E-state index contributed by atoms with van der Waals surface area (Å²) in [5.74, 6) is 0. The summed E-state index contributed by atoms with van der Waals surface area (Å²) in [4.78, 5) is 0. The second kappa shape index (κ2) is 11.5. The summed E-state index contributed by atoms with van der Waals surface area (Å²) in [6, 6.07) is 11.0. The summed E-state index contributed by atoms with van der Waals surface area (Å²) in [5.41, 5.74) is 0.686. The Bertz CT molecular complexity index is 3890. The molecule has 2 nitrogen and oxygen atoms in total. The molecule has 0 N–H and O–H groups in total. The van der Waals surface area contributed by atoms with E-state index in [9.17, 15) is 8.22 Å². The zero-order valence-electron chi connectivity index (χ0n) is 44.9. The predicted molar refractivity (Wildman–Crippen MR) is 211 cm³/mol. The highest BCUT2D eigenvalue weighted by Gasteiger charge is 2.16. The van der Waals surface area contributed by atoms with E-state index in [2.05, 4.69) is 0 Å². The first kappa shape index (κ1) is 15.3. The molecule has 0 amide bonds. The molecule has 0 unspecified atom stereocenters. The van der Waals surface area contributed by atoms with Gasteiger partial charge in [0.2, 0.25) is 0 Å². The van der Waals surface area contributed by atoms with Crippen molar-refractivity contribution < 1.29 is 26.0 Å².